The smallest absolute Gasteiger partial charge is 0.0662 e. The summed E-state index contributed by atoms with van der Waals surface area (Å²) in [5.41, 5.74) is 9.26. The molecular formula is C13H16ClN3. The Morgan fingerprint density at radius 3 is 2.53 bits per heavy atom. The fourth-order valence-corrected chi connectivity index (χ4v) is 1.96. The average molecular weight is 250 g/mol. The molecule has 0 bridgehead atoms. The third-order valence-corrected chi connectivity index (χ3v) is 3.13. The monoisotopic (exact) mass is 249 g/mol. The van der Waals surface area contributed by atoms with E-state index < -0.39 is 0 Å². The van der Waals surface area contributed by atoms with E-state index in [1.807, 2.05) is 49.0 Å². The first-order valence-corrected chi connectivity index (χ1v) is 5.98. The zero-order valence-electron chi connectivity index (χ0n) is 10.0. The highest BCUT2D eigenvalue weighted by Crippen LogP contribution is 2.16. The lowest BCUT2D eigenvalue weighted by molar-refractivity contribution is 0.660. The molecule has 1 unspecified atom stereocenters. The van der Waals surface area contributed by atoms with Crippen LogP contribution in [0.2, 0.25) is 5.02 Å². The average Bonchev–Trinajstić information content (AvgIpc) is 2.64. The molecule has 0 aliphatic rings. The molecule has 4 heteroatoms. The first-order valence-electron chi connectivity index (χ1n) is 5.60. The predicted molar refractivity (Wildman–Crippen MR) is 70.1 cm³/mol. The Balaban J connectivity index is 2.22. The summed E-state index contributed by atoms with van der Waals surface area (Å²) in [6, 6.07) is 7.82. The third-order valence-electron chi connectivity index (χ3n) is 2.88. The van der Waals surface area contributed by atoms with Gasteiger partial charge in [-0.05, 0) is 31.5 Å². The van der Waals surface area contributed by atoms with Crippen LogP contribution in [-0.2, 0) is 6.54 Å². The Morgan fingerprint density at radius 2 is 2.00 bits per heavy atom. The molecule has 2 rings (SSSR count). The summed E-state index contributed by atoms with van der Waals surface area (Å²) in [5.74, 6) is 0. The highest BCUT2D eigenvalue weighted by molar-refractivity contribution is 6.30. The van der Waals surface area contributed by atoms with Crippen LogP contribution in [0.4, 0.5) is 0 Å². The van der Waals surface area contributed by atoms with Crippen molar-refractivity contribution in [3.63, 3.8) is 0 Å². The zero-order valence-corrected chi connectivity index (χ0v) is 10.8. The molecule has 3 nitrogen and oxygen atoms in total. The molecular weight excluding hydrogens is 234 g/mol. The summed E-state index contributed by atoms with van der Waals surface area (Å²) < 4.78 is 1.96. The van der Waals surface area contributed by atoms with Crippen LogP contribution in [0.25, 0.3) is 0 Å². The highest BCUT2D eigenvalue weighted by Gasteiger charge is 2.09. The molecule has 90 valence electrons. The molecule has 1 aromatic heterocycles. The van der Waals surface area contributed by atoms with Crippen molar-refractivity contribution in [3.8, 4) is 0 Å². The molecule has 17 heavy (non-hydrogen) atoms. The van der Waals surface area contributed by atoms with E-state index in [4.69, 9.17) is 17.3 Å². The lowest BCUT2D eigenvalue weighted by atomic mass is 10.1. The van der Waals surface area contributed by atoms with Crippen LogP contribution in [0.1, 0.15) is 29.8 Å². The molecule has 0 radical (unpaired) electrons. The van der Waals surface area contributed by atoms with Gasteiger partial charge >= 0.3 is 0 Å². The van der Waals surface area contributed by atoms with Crippen LogP contribution in [0.3, 0.4) is 0 Å². The predicted octanol–water partition coefficient (Wildman–Crippen LogP) is 2.91. The van der Waals surface area contributed by atoms with Gasteiger partial charge in [-0.3, -0.25) is 4.68 Å². The molecule has 2 N–H and O–H groups in total. The first kappa shape index (κ1) is 12.1. The Morgan fingerprint density at radius 1 is 1.35 bits per heavy atom. The second kappa shape index (κ2) is 4.90. The normalized spacial score (nSPS) is 12.7. The van der Waals surface area contributed by atoms with Gasteiger partial charge in [0.2, 0.25) is 0 Å². The van der Waals surface area contributed by atoms with Crippen molar-refractivity contribution in [2.24, 2.45) is 5.73 Å². The van der Waals surface area contributed by atoms with Crippen LogP contribution in [-0.4, -0.2) is 9.78 Å². The van der Waals surface area contributed by atoms with Crippen LogP contribution >= 0.6 is 11.6 Å². The number of benzene rings is 1. The van der Waals surface area contributed by atoms with Crippen molar-refractivity contribution in [1.29, 1.82) is 0 Å². The number of halogens is 1. The highest BCUT2D eigenvalue weighted by atomic mass is 35.5. The van der Waals surface area contributed by atoms with Crippen molar-refractivity contribution in [2.45, 2.75) is 26.4 Å². The van der Waals surface area contributed by atoms with Crippen LogP contribution < -0.4 is 5.73 Å². The molecule has 0 saturated heterocycles. The number of hydrogen-bond acceptors (Lipinski definition) is 2. The van der Waals surface area contributed by atoms with Gasteiger partial charge in [0, 0.05) is 22.3 Å². The van der Waals surface area contributed by atoms with Gasteiger partial charge in [0.05, 0.1) is 12.7 Å². The summed E-state index contributed by atoms with van der Waals surface area (Å²) in [5, 5.41) is 5.11. The van der Waals surface area contributed by atoms with Gasteiger partial charge in [-0.2, -0.15) is 5.10 Å². The number of rotatable bonds is 3. The lowest BCUT2D eigenvalue weighted by Gasteiger charge is -2.07. The second-order valence-electron chi connectivity index (χ2n) is 4.26. The molecule has 0 amide bonds. The molecule has 1 atom stereocenters. The summed E-state index contributed by atoms with van der Waals surface area (Å²) >= 11 is 5.85. The Hall–Kier alpha value is -1.32. The summed E-state index contributed by atoms with van der Waals surface area (Å²) in [6.45, 7) is 4.76. The lowest BCUT2D eigenvalue weighted by Crippen LogP contribution is -2.08. The molecule has 0 saturated carbocycles. The molecule has 1 aromatic carbocycles. The molecule has 0 fully saturated rings. The van der Waals surface area contributed by atoms with E-state index in [2.05, 4.69) is 5.10 Å². The van der Waals surface area contributed by atoms with Gasteiger partial charge in [0.15, 0.2) is 0 Å². The largest absolute Gasteiger partial charge is 0.324 e. The maximum Gasteiger partial charge on any atom is 0.0662 e. The minimum atomic E-state index is 0.0222. The summed E-state index contributed by atoms with van der Waals surface area (Å²) in [4.78, 5) is 0. The van der Waals surface area contributed by atoms with Crippen molar-refractivity contribution >= 4 is 11.6 Å². The van der Waals surface area contributed by atoms with Gasteiger partial charge in [-0.25, -0.2) is 0 Å². The number of nitrogens with two attached hydrogens (primary N) is 1. The fraction of sp³-hybridized carbons (Fsp3) is 0.308. The second-order valence-corrected chi connectivity index (χ2v) is 4.69. The Bertz CT molecular complexity index is 500. The minimum absolute atomic E-state index is 0.0222. The molecule has 0 aliphatic carbocycles. The van der Waals surface area contributed by atoms with Crippen molar-refractivity contribution in [2.75, 3.05) is 0 Å². The maximum atomic E-state index is 5.87. The van der Waals surface area contributed by atoms with Gasteiger partial charge in [0.1, 0.15) is 0 Å². The minimum Gasteiger partial charge on any atom is -0.324 e. The first-order chi connectivity index (χ1) is 8.08. The van der Waals surface area contributed by atoms with Crippen LogP contribution in [0.5, 0.6) is 0 Å². The summed E-state index contributed by atoms with van der Waals surface area (Å²) in [7, 11) is 0. The van der Waals surface area contributed by atoms with Gasteiger partial charge in [0.25, 0.3) is 0 Å². The Kier molecular flexibility index (Phi) is 3.50. The topological polar surface area (TPSA) is 43.8 Å². The standard InChI is InChI=1S/C13H16ClN3/c1-9(15)13-7-16-17(10(13)2)8-11-3-5-12(14)6-4-11/h3-7,9H,8,15H2,1-2H3. The van der Waals surface area contributed by atoms with E-state index in [9.17, 15) is 0 Å². The summed E-state index contributed by atoms with van der Waals surface area (Å²) in [6.07, 6.45) is 1.84. The molecule has 0 aliphatic heterocycles. The van der Waals surface area contributed by atoms with Gasteiger partial charge in [-0.1, -0.05) is 23.7 Å². The van der Waals surface area contributed by atoms with E-state index in [0.717, 1.165) is 22.8 Å². The van der Waals surface area contributed by atoms with Crippen molar-refractivity contribution in [1.82, 2.24) is 9.78 Å². The number of nitrogens with zero attached hydrogens (tertiary/aromatic N) is 2. The molecule has 2 aromatic rings. The van der Waals surface area contributed by atoms with E-state index in [-0.39, 0.29) is 6.04 Å². The molecule has 1 heterocycles. The van der Waals surface area contributed by atoms with Crippen LogP contribution in [0, 0.1) is 6.92 Å². The van der Waals surface area contributed by atoms with E-state index in [0.29, 0.717) is 0 Å². The van der Waals surface area contributed by atoms with Crippen molar-refractivity contribution < 1.29 is 0 Å². The number of hydrogen-bond donors (Lipinski definition) is 1. The Labute approximate surface area is 106 Å². The molecule has 0 spiro atoms. The quantitative estimate of drug-likeness (QED) is 0.909. The van der Waals surface area contributed by atoms with Crippen LogP contribution in [0.15, 0.2) is 30.5 Å². The van der Waals surface area contributed by atoms with Crippen molar-refractivity contribution in [3.05, 3.63) is 52.3 Å². The van der Waals surface area contributed by atoms with E-state index in [1.54, 1.807) is 0 Å². The SMILES string of the molecule is Cc1c(C(C)N)cnn1Cc1ccc(Cl)cc1. The maximum absolute atomic E-state index is 5.87. The van der Waals surface area contributed by atoms with Gasteiger partial charge in [-0.15, -0.1) is 0 Å². The van der Waals surface area contributed by atoms with E-state index >= 15 is 0 Å². The fourth-order valence-electron chi connectivity index (χ4n) is 1.83. The van der Waals surface area contributed by atoms with Gasteiger partial charge < -0.3 is 5.73 Å². The van der Waals surface area contributed by atoms with E-state index in [1.165, 1.54) is 5.56 Å². The number of aromatic nitrogens is 2. The zero-order chi connectivity index (χ0) is 12.4. The third kappa shape index (κ3) is 2.68.